The minimum absolute atomic E-state index is 0.0152. The highest BCUT2D eigenvalue weighted by molar-refractivity contribution is 7.92. The first-order chi connectivity index (χ1) is 11.8. The number of aromatic nitrogens is 2. The van der Waals surface area contributed by atoms with Crippen LogP contribution in [0.3, 0.4) is 0 Å². The molecule has 1 heterocycles. The third-order valence-corrected chi connectivity index (χ3v) is 5.91. The van der Waals surface area contributed by atoms with Gasteiger partial charge in [-0.1, -0.05) is 65.1 Å². The molecule has 3 aromatic rings. The van der Waals surface area contributed by atoms with Gasteiger partial charge >= 0.3 is 0 Å². The van der Waals surface area contributed by atoms with Crippen LogP contribution in [0.5, 0.6) is 0 Å². The average Bonchev–Trinajstić information content (AvgIpc) is 2.98. The summed E-state index contributed by atoms with van der Waals surface area (Å²) in [7, 11) is -3.92. The first kappa shape index (κ1) is 18.1. The van der Waals surface area contributed by atoms with Crippen LogP contribution in [0.4, 0.5) is 5.69 Å². The van der Waals surface area contributed by atoms with Crippen LogP contribution >= 0.6 is 34.8 Å². The zero-order chi connectivity index (χ0) is 18.0. The molecule has 5 nitrogen and oxygen atoms in total. The molecule has 0 unspecified atom stereocenters. The van der Waals surface area contributed by atoms with E-state index in [1.165, 1.54) is 18.3 Å². The molecule has 25 heavy (non-hydrogen) atoms. The van der Waals surface area contributed by atoms with Crippen LogP contribution in [0, 0.1) is 0 Å². The zero-order valence-electron chi connectivity index (χ0n) is 12.7. The number of sulfonamides is 1. The van der Waals surface area contributed by atoms with Crippen LogP contribution in [0.1, 0.15) is 5.56 Å². The fraction of sp³-hybridized carbons (Fsp3) is 0.0625. The molecule has 0 atom stereocenters. The largest absolute Gasteiger partial charge is 0.276 e. The van der Waals surface area contributed by atoms with Crippen LogP contribution in [0.25, 0.3) is 0 Å². The van der Waals surface area contributed by atoms with E-state index in [1.807, 2.05) is 30.3 Å². The molecule has 0 aliphatic heterocycles. The van der Waals surface area contributed by atoms with E-state index in [1.54, 1.807) is 10.9 Å². The van der Waals surface area contributed by atoms with E-state index >= 15 is 0 Å². The van der Waals surface area contributed by atoms with Gasteiger partial charge in [0.15, 0.2) is 0 Å². The Labute approximate surface area is 160 Å². The summed E-state index contributed by atoms with van der Waals surface area (Å²) in [4.78, 5) is -0.153. The summed E-state index contributed by atoms with van der Waals surface area (Å²) in [5.41, 5.74) is 1.37. The van der Waals surface area contributed by atoms with E-state index in [9.17, 15) is 8.42 Å². The molecule has 0 aliphatic rings. The van der Waals surface area contributed by atoms with Gasteiger partial charge in [-0.15, -0.1) is 0 Å². The molecule has 2 aromatic carbocycles. The van der Waals surface area contributed by atoms with E-state index in [4.69, 9.17) is 34.8 Å². The zero-order valence-corrected chi connectivity index (χ0v) is 15.7. The standard InChI is InChI=1S/C16H12Cl3N3O2S/c17-13-6-15(19)16(7-14(13)18)25(23,24)21-12-8-20-22(10-12)9-11-4-2-1-3-5-11/h1-8,10,21H,9H2. The quantitative estimate of drug-likeness (QED) is 0.614. The van der Waals surface area contributed by atoms with Gasteiger partial charge in [-0.3, -0.25) is 9.40 Å². The van der Waals surface area contributed by atoms with Crippen LogP contribution in [0.2, 0.25) is 15.1 Å². The van der Waals surface area contributed by atoms with Gasteiger partial charge < -0.3 is 0 Å². The van der Waals surface area contributed by atoms with Crippen molar-refractivity contribution < 1.29 is 8.42 Å². The number of benzene rings is 2. The Morgan fingerprint density at radius 3 is 2.40 bits per heavy atom. The molecule has 0 amide bonds. The monoisotopic (exact) mass is 415 g/mol. The van der Waals surface area contributed by atoms with Gasteiger partial charge in [-0.25, -0.2) is 8.42 Å². The maximum absolute atomic E-state index is 12.5. The Morgan fingerprint density at radius 2 is 1.68 bits per heavy atom. The molecule has 130 valence electrons. The SMILES string of the molecule is O=S(=O)(Nc1cnn(Cc2ccccc2)c1)c1cc(Cl)c(Cl)cc1Cl. The van der Waals surface area contributed by atoms with Crippen molar-refractivity contribution in [3.63, 3.8) is 0 Å². The lowest BCUT2D eigenvalue weighted by molar-refractivity contribution is 0.601. The highest BCUT2D eigenvalue weighted by Crippen LogP contribution is 2.32. The molecule has 0 aliphatic carbocycles. The van der Waals surface area contributed by atoms with Crippen molar-refractivity contribution in [3.05, 3.63) is 75.5 Å². The minimum Gasteiger partial charge on any atom is -0.276 e. The van der Waals surface area contributed by atoms with Gasteiger partial charge in [0, 0.05) is 6.20 Å². The van der Waals surface area contributed by atoms with Crippen LogP contribution in [0.15, 0.2) is 59.8 Å². The molecule has 0 radical (unpaired) electrons. The summed E-state index contributed by atoms with van der Waals surface area (Å²) in [6.07, 6.45) is 3.02. The van der Waals surface area contributed by atoms with E-state index < -0.39 is 10.0 Å². The third-order valence-electron chi connectivity index (χ3n) is 3.34. The smallest absolute Gasteiger partial charge is 0.263 e. The Hall–Kier alpha value is -1.73. The predicted octanol–water partition coefficient (Wildman–Crippen LogP) is 4.69. The normalized spacial score (nSPS) is 11.5. The van der Waals surface area contributed by atoms with E-state index in [0.717, 1.165) is 5.56 Å². The molecule has 3 rings (SSSR count). The molecule has 0 fully saturated rings. The molecule has 0 bridgehead atoms. The second-order valence-electron chi connectivity index (χ2n) is 5.21. The lowest BCUT2D eigenvalue weighted by Crippen LogP contribution is -2.13. The Balaban J connectivity index is 1.81. The van der Waals surface area contributed by atoms with Crippen molar-refractivity contribution in [2.75, 3.05) is 4.72 Å². The van der Waals surface area contributed by atoms with Crippen molar-refractivity contribution >= 4 is 50.5 Å². The molecule has 0 saturated heterocycles. The maximum atomic E-state index is 12.5. The fourth-order valence-corrected chi connectivity index (χ4v) is 4.22. The van der Waals surface area contributed by atoms with Crippen LogP contribution in [-0.2, 0) is 16.6 Å². The van der Waals surface area contributed by atoms with Crippen LogP contribution < -0.4 is 4.72 Å². The summed E-state index contributed by atoms with van der Waals surface area (Å²) >= 11 is 17.7. The molecule has 0 spiro atoms. The lowest BCUT2D eigenvalue weighted by atomic mass is 10.2. The van der Waals surface area contributed by atoms with Gasteiger partial charge in [0.2, 0.25) is 0 Å². The Morgan fingerprint density at radius 1 is 1.00 bits per heavy atom. The summed E-state index contributed by atoms with van der Waals surface area (Å²) in [5.74, 6) is 0. The van der Waals surface area contributed by atoms with Gasteiger partial charge in [-0.2, -0.15) is 5.10 Å². The number of nitrogens with one attached hydrogen (secondary N) is 1. The summed E-state index contributed by atoms with van der Waals surface area (Å²) in [6, 6.07) is 12.2. The lowest BCUT2D eigenvalue weighted by Gasteiger charge is -2.09. The number of nitrogens with zero attached hydrogens (tertiary/aromatic N) is 2. The highest BCUT2D eigenvalue weighted by Gasteiger charge is 2.20. The first-order valence-corrected chi connectivity index (χ1v) is 9.70. The fourth-order valence-electron chi connectivity index (χ4n) is 2.19. The summed E-state index contributed by atoms with van der Waals surface area (Å²) in [6.45, 7) is 0.524. The van der Waals surface area contributed by atoms with Gasteiger partial charge in [0.05, 0.1) is 33.5 Å². The Kier molecular flexibility index (Phi) is 5.24. The topological polar surface area (TPSA) is 64.0 Å². The Bertz CT molecular complexity index is 1000. The molecule has 1 N–H and O–H groups in total. The number of rotatable bonds is 5. The van der Waals surface area contributed by atoms with Crippen LogP contribution in [-0.4, -0.2) is 18.2 Å². The van der Waals surface area contributed by atoms with Gasteiger partial charge in [0.1, 0.15) is 4.90 Å². The second kappa shape index (κ2) is 7.25. The van der Waals surface area contributed by atoms with Crippen molar-refractivity contribution in [1.82, 2.24) is 9.78 Å². The van der Waals surface area contributed by atoms with E-state index in [2.05, 4.69) is 9.82 Å². The van der Waals surface area contributed by atoms with Crippen molar-refractivity contribution in [3.8, 4) is 0 Å². The molecule has 0 saturated carbocycles. The van der Waals surface area contributed by atoms with Gasteiger partial charge in [-0.05, 0) is 17.7 Å². The molecule has 9 heteroatoms. The summed E-state index contributed by atoms with van der Waals surface area (Å²) in [5, 5.41) is 4.42. The molecular weight excluding hydrogens is 405 g/mol. The van der Waals surface area contributed by atoms with Gasteiger partial charge in [0.25, 0.3) is 10.0 Å². The maximum Gasteiger partial charge on any atom is 0.263 e. The highest BCUT2D eigenvalue weighted by atomic mass is 35.5. The first-order valence-electron chi connectivity index (χ1n) is 7.09. The average molecular weight is 417 g/mol. The van der Waals surface area contributed by atoms with Crippen molar-refractivity contribution in [2.24, 2.45) is 0 Å². The number of hydrogen-bond donors (Lipinski definition) is 1. The third kappa shape index (κ3) is 4.27. The number of anilines is 1. The van der Waals surface area contributed by atoms with Crippen molar-refractivity contribution in [2.45, 2.75) is 11.4 Å². The minimum atomic E-state index is -3.92. The number of halogens is 3. The second-order valence-corrected chi connectivity index (χ2v) is 8.09. The van der Waals surface area contributed by atoms with E-state index in [0.29, 0.717) is 12.2 Å². The molecule has 1 aromatic heterocycles. The van der Waals surface area contributed by atoms with Crippen molar-refractivity contribution in [1.29, 1.82) is 0 Å². The van der Waals surface area contributed by atoms with E-state index in [-0.39, 0.29) is 20.0 Å². The summed E-state index contributed by atoms with van der Waals surface area (Å²) < 4.78 is 29.1. The predicted molar refractivity (Wildman–Crippen MR) is 100 cm³/mol. The number of hydrogen-bond acceptors (Lipinski definition) is 3. The molecular formula is C16H12Cl3N3O2S.